The van der Waals surface area contributed by atoms with Gasteiger partial charge in [0.1, 0.15) is 5.82 Å². The molecule has 0 radical (unpaired) electrons. The van der Waals surface area contributed by atoms with Gasteiger partial charge in [0.25, 0.3) is 0 Å². The lowest BCUT2D eigenvalue weighted by molar-refractivity contribution is 0.432. The van der Waals surface area contributed by atoms with Gasteiger partial charge >= 0.3 is 0 Å². The monoisotopic (exact) mass is 313 g/mol. The van der Waals surface area contributed by atoms with Gasteiger partial charge in [-0.1, -0.05) is 28.9 Å². The Morgan fingerprint density at radius 3 is 2.83 bits per heavy atom. The molecule has 1 fully saturated rings. The maximum atomic E-state index is 13.7. The summed E-state index contributed by atoms with van der Waals surface area (Å²) in [6.07, 6.45) is 5.71. The van der Waals surface area contributed by atoms with Gasteiger partial charge in [-0.3, -0.25) is 0 Å². The summed E-state index contributed by atoms with van der Waals surface area (Å²) in [6, 6.07) is 5.95. The highest BCUT2D eigenvalue weighted by Gasteiger charge is 2.30. The first-order valence-electron chi connectivity index (χ1n) is 6.88. The number of benzene rings is 1. The number of aryl methyl sites for hydroxylation is 1. The molecule has 0 bridgehead atoms. The van der Waals surface area contributed by atoms with Crippen LogP contribution in [0, 0.1) is 11.7 Å². The van der Waals surface area contributed by atoms with Crippen molar-refractivity contribution >= 4 is 15.9 Å². The van der Waals surface area contributed by atoms with Gasteiger partial charge in [0.05, 0.1) is 0 Å². The van der Waals surface area contributed by atoms with E-state index in [9.17, 15) is 4.39 Å². The van der Waals surface area contributed by atoms with Gasteiger partial charge in [-0.05, 0) is 62.3 Å². The van der Waals surface area contributed by atoms with Gasteiger partial charge < -0.3 is 5.32 Å². The van der Waals surface area contributed by atoms with Crippen molar-refractivity contribution in [1.29, 1.82) is 0 Å². The number of hydrogen-bond donors (Lipinski definition) is 1. The third-order valence-electron chi connectivity index (χ3n) is 3.59. The fourth-order valence-electron chi connectivity index (χ4n) is 2.37. The number of nitrogens with one attached hydrogen (secondary N) is 1. The van der Waals surface area contributed by atoms with Gasteiger partial charge in [-0.2, -0.15) is 0 Å². The van der Waals surface area contributed by atoms with Crippen LogP contribution in [0.1, 0.15) is 38.2 Å². The van der Waals surface area contributed by atoms with Crippen LogP contribution >= 0.6 is 15.9 Å². The molecule has 1 atom stereocenters. The normalized spacial score (nSPS) is 16.8. The molecule has 1 unspecified atom stereocenters. The van der Waals surface area contributed by atoms with E-state index in [1.807, 2.05) is 12.1 Å². The Hall–Kier alpha value is -0.410. The summed E-state index contributed by atoms with van der Waals surface area (Å²) in [4.78, 5) is 0. The van der Waals surface area contributed by atoms with E-state index in [4.69, 9.17) is 0 Å². The van der Waals surface area contributed by atoms with Crippen molar-refractivity contribution in [2.75, 3.05) is 6.54 Å². The molecule has 0 aromatic heterocycles. The largest absolute Gasteiger partial charge is 0.314 e. The zero-order valence-electron chi connectivity index (χ0n) is 10.9. The molecule has 1 aromatic rings. The van der Waals surface area contributed by atoms with E-state index in [1.165, 1.54) is 12.8 Å². The molecular weight excluding hydrogens is 293 g/mol. The fraction of sp³-hybridized carbons (Fsp3) is 0.600. The number of hydrogen-bond acceptors (Lipinski definition) is 1. The summed E-state index contributed by atoms with van der Waals surface area (Å²) in [5.74, 6) is 0.740. The Balaban J connectivity index is 1.88. The van der Waals surface area contributed by atoms with Gasteiger partial charge in [-0.15, -0.1) is 0 Å². The standard InChI is InChI=1S/C15H21BrFN/c1-2-9-18-15(12-3-4-12)8-6-11-5-7-13(16)10-14(11)17/h5,7,10,12,15,18H,2-4,6,8-9H2,1H3. The number of rotatable bonds is 7. The summed E-state index contributed by atoms with van der Waals surface area (Å²) in [5, 5.41) is 3.60. The smallest absolute Gasteiger partial charge is 0.127 e. The maximum Gasteiger partial charge on any atom is 0.127 e. The minimum atomic E-state index is -0.0885. The molecule has 0 amide bonds. The first-order chi connectivity index (χ1) is 8.70. The Morgan fingerprint density at radius 1 is 1.44 bits per heavy atom. The van der Waals surface area contributed by atoms with E-state index in [1.54, 1.807) is 6.07 Å². The van der Waals surface area contributed by atoms with Gasteiger partial charge in [0, 0.05) is 10.5 Å². The molecule has 18 heavy (non-hydrogen) atoms. The van der Waals surface area contributed by atoms with Crippen LogP contribution in [-0.4, -0.2) is 12.6 Å². The Morgan fingerprint density at radius 2 is 2.22 bits per heavy atom. The number of halogens is 2. The highest BCUT2D eigenvalue weighted by atomic mass is 79.9. The second kappa shape index (κ2) is 6.67. The summed E-state index contributed by atoms with van der Waals surface area (Å²) in [5.41, 5.74) is 0.835. The summed E-state index contributed by atoms with van der Waals surface area (Å²) < 4.78 is 14.5. The molecule has 1 saturated carbocycles. The Labute approximate surface area is 117 Å². The molecule has 1 N–H and O–H groups in total. The van der Waals surface area contributed by atoms with E-state index < -0.39 is 0 Å². The lowest BCUT2D eigenvalue weighted by Gasteiger charge is -2.18. The van der Waals surface area contributed by atoms with Crippen LogP contribution in [0.3, 0.4) is 0 Å². The highest BCUT2D eigenvalue weighted by Crippen LogP contribution is 2.34. The quantitative estimate of drug-likeness (QED) is 0.791. The molecule has 100 valence electrons. The van der Waals surface area contributed by atoms with E-state index in [-0.39, 0.29) is 5.82 Å². The van der Waals surface area contributed by atoms with Crippen LogP contribution in [0.5, 0.6) is 0 Å². The van der Waals surface area contributed by atoms with Crippen molar-refractivity contribution in [3.8, 4) is 0 Å². The van der Waals surface area contributed by atoms with Crippen LogP contribution in [0.15, 0.2) is 22.7 Å². The van der Waals surface area contributed by atoms with E-state index in [2.05, 4.69) is 28.2 Å². The molecule has 0 saturated heterocycles. The molecule has 1 nitrogen and oxygen atoms in total. The Bertz CT molecular complexity index is 390. The van der Waals surface area contributed by atoms with Gasteiger partial charge in [-0.25, -0.2) is 4.39 Å². The molecular formula is C15H21BrFN. The summed E-state index contributed by atoms with van der Waals surface area (Å²) in [6.45, 7) is 3.26. The van der Waals surface area contributed by atoms with Crippen molar-refractivity contribution in [3.05, 3.63) is 34.1 Å². The minimum absolute atomic E-state index is 0.0885. The van der Waals surface area contributed by atoms with Crippen LogP contribution in [0.2, 0.25) is 0 Å². The third-order valence-corrected chi connectivity index (χ3v) is 4.08. The van der Waals surface area contributed by atoms with Crippen molar-refractivity contribution < 1.29 is 4.39 Å². The molecule has 0 aliphatic heterocycles. The molecule has 0 spiro atoms. The van der Waals surface area contributed by atoms with E-state index in [0.29, 0.717) is 6.04 Å². The first-order valence-corrected chi connectivity index (χ1v) is 7.67. The average molecular weight is 314 g/mol. The van der Waals surface area contributed by atoms with E-state index in [0.717, 1.165) is 41.8 Å². The predicted molar refractivity (Wildman–Crippen MR) is 77.2 cm³/mol. The van der Waals surface area contributed by atoms with Crippen LogP contribution < -0.4 is 5.32 Å². The van der Waals surface area contributed by atoms with Crippen LogP contribution in [-0.2, 0) is 6.42 Å². The summed E-state index contributed by atoms with van der Waals surface area (Å²) in [7, 11) is 0. The molecule has 0 heterocycles. The molecule has 1 aliphatic rings. The van der Waals surface area contributed by atoms with Crippen LogP contribution in [0.25, 0.3) is 0 Å². The SMILES string of the molecule is CCCNC(CCc1ccc(Br)cc1F)C1CC1. The van der Waals surface area contributed by atoms with Crippen molar-refractivity contribution in [1.82, 2.24) is 5.32 Å². The first kappa shape index (κ1) is 14.0. The van der Waals surface area contributed by atoms with Gasteiger partial charge in [0.2, 0.25) is 0 Å². The Kier molecular flexibility index (Phi) is 5.19. The maximum absolute atomic E-state index is 13.7. The molecule has 1 aliphatic carbocycles. The molecule has 3 heteroatoms. The van der Waals surface area contributed by atoms with E-state index >= 15 is 0 Å². The van der Waals surface area contributed by atoms with Crippen LogP contribution in [0.4, 0.5) is 4.39 Å². The molecule has 1 aromatic carbocycles. The van der Waals surface area contributed by atoms with Crippen molar-refractivity contribution in [3.63, 3.8) is 0 Å². The average Bonchev–Trinajstić information content (AvgIpc) is 3.15. The highest BCUT2D eigenvalue weighted by molar-refractivity contribution is 9.10. The predicted octanol–water partition coefficient (Wildman–Crippen LogP) is 4.30. The minimum Gasteiger partial charge on any atom is -0.314 e. The summed E-state index contributed by atoms with van der Waals surface area (Å²) >= 11 is 3.29. The van der Waals surface area contributed by atoms with Crippen molar-refractivity contribution in [2.24, 2.45) is 5.92 Å². The second-order valence-corrected chi connectivity index (χ2v) is 6.09. The van der Waals surface area contributed by atoms with Gasteiger partial charge in [0.15, 0.2) is 0 Å². The fourth-order valence-corrected chi connectivity index (χ4v) is 2.70. The third kappa shape index (κ3) is 4.06. The lowest BCUT2D eigenvalue weighted by atomic mass is 10.0. The lowest BCUT2D eigenvalue weighted by Crippen LogP contribution is -2.32. The zero-order chi connectivity index (χ0) is 13.0. The zero-order valence-corrected chi connectivity index (χ0v) is 12.5. The van der Waals surface area contributed by atoms with Crippen molar-refractivity contribution in [2.45, 2.75) is 45.1 Å². The second-order valence-electron chi connectivity index (χ2n) is 5.17. The molecule has 2 rings (SSSR count). The topological polar surface area (TPSA) is 12.0 Å².